The number of hydrogen-bond donors (Lipinski definition) is 2. The molecule has 0 aliphatic heterocycles. The van der Waals surface area contributed by atoms with Gasteiger partial charge in [-0.25, -0.2) is 4.79 Å². The minimum Gasteiger partial charge on any atom is -0.494 e. The lowest BCUT2D eigenvalue weighted by molar-refractivity contribution is -0.142. The Labute approximate surface area is 146 Å². The van der Waals surface area contributed by atoms with E-state index in [9.17, 15) is 14.7 Å². The van der Waals surface area contributed by atoms with E-state index in [1.807, 2.05) is 37.3 Å². The van der Waals surface area contributed by atoms with Gasteiger partial charge in [-0.15, -0.1) is 0 Å². The molecule has 1 amide bonds. The summed E-state index contributed by atoms with van der Waals surface area (Å²) in [7, 11) is 0. The molecular formula is C19H21NO5. The third kappa shape index (κ3) is 6.18. The van der Waals surface area contributed by atoms with Crippen molar-refractivity contribution in [1.29, 1.82) is 0 Å². The number of carboxylic acids is 1. The van der Waals surface area contributed by atoms with E-state index < -0.39 is 17.9 Å². The average Bonchev–Trinajstić information content (AvgIpc) is 2.61. The molecule has 6 heteroatoms. The van der Waals surface area contributed by atoms with E-state index in [1.165, 1.54) is 0 Å². The number of carbonyl (C=O) groups is 2. The van der Waals surface area contributed by atoms with Gasteiger partial charge in [0.15, 0.2) is 6.61 Å². The Morgan fingerprint density at radius 1 is 1.00 bits per heavy atom. The average molecular weight is 343 g/mol. The van der Waals surface area contributed by atoms with Crippen LogP contribution in [-0.4, -0.2) is 36.2 Å². The minimum absolute atomic E-state index is 0.213. The maximum Gasteiger partial charge on any atom is 0.326 e. The molecule has 0 aromatic heterocycles. The Morgan fingerprint density at radius 2 is 1.60 bits per heavy atom. The normalized spacial score (nSPS) is 11.4. The van der Waals surface area contributed by atoms with Gasteiger partial charge in [0.25, 0.3) is 5.91 Å². The summed E-state index contributed by atoms with van der Waals surface area (Å²) in [6.45, 7) is 2.20. The Balaban J connectivity index is 1.85. The molecule has 0 saturated heterocycles. The first-order valence-electron chi connectivity index (χ1n) is 8.00. The number of carboxylic acid groups (broad SMARTS) is 1. The van der Waals surface area contributed by atoms with Gasteiger partial charge in [0.2, 0.25) is 0 Å². The zero-order valence-corrected chi connectivity index (χ0v) is 14.0. The maximum absolute atomic E-state index is 12.0. The number of carbonyl (C=O) groups excluding carboxylic acids is 1. The van der Waals surface area contributed by atoms with Gasteiger partial charge in [0.05, 0.1) is 6.61 Å². The number of nitrogens with one attached hydrogen (secondary N) is 1. The summed E-state index contributed by atoms with van der Waals surface area (Å²) in [6.07, 6.45) is 0.213. The molecule has 2 aromatic carbocycles. The molecule has 0 saturated carbocycles. The fourth-order valence-electron chi connectivity index (χ4n) is 2.23. The minimum atomic E-state index is -1.08. The first-order valence-corrected chi connectivity index (χ1v) is 8.00. The summed E-state index contributed by atoms with van der Waals surface area (Å²) in [5.74, 6) is -0.350. The molecule has 0 unspecified atom stereocenters. The standard InChI is InChI=1S/C19H21NO5/c1-2-24-15-8-10-16(11-9-15)25-13-18(21)20-17(19(22)23)12-14-6-4-3-5-7-14/h3-11,17H,2,12-13H2,1H3,(H,20,21)(H,22,23)/t17-/m1/s1. The van der Waals surface area contributed by atoms with Crippen molar-refractivity contribution < 1.29 is 24.2 Å². The number of ether oxygens (including phenoxy) is 2. The fourth-order valence-corrected chi connectivity index (χ4v) is 2.23. The summed E-state index contributed by atoms with van der Waals surface area (Å²) in [4.78, 5) is 23.3. The van der Waals surface area contributed by atoms with Crippen LogP contribution in [0.1, 0.15) is 12.5 Å². The van der Waals surface area contributed by atoms with Crippen molar-refractivity contribution in [1.82, 2.24) is 5.32 Å². The number of benzene rings is 2. The summed E-state index contributed by atoms with van der Waals surface area (Å²) in [5, 5.41) is 11.8. The molecule has 2 N–H and O–H groups in total. The SMILES string of the molecule is CCOc1ccc(OCC(=O)N[C@H](Cc2ccccc2)C(=O)O)cc1. The lowest BCUT2D eigenvalue weighted by Gasteiger charge is -2.15. The van der Waals surface area contributed by atoms with Crippen LogP contribution in [0.3, 0.4) is 0 Å². The van der Waals surface area contributed by atoms with Crippen LogP contribution in [0.4, 0.5) is 0 Å². The van der Waals surface area contributed by atoms with Crippen LogP contribution >= 0.6 is 0 Å². The Hall–Kier alpha value is -3.02. The van der Waals surface area contributed by atoms with Crippen LogP contribution in [0.5, 0.6) is 11.5 Å². The smallest absolute Gasteiger partial charge is 0.326 e. The summed E-state index contributed by atoms with van der Waals surface area (Å²) < 4.78 is 10.7. The topological polar surface area (TPSA) is 84.9 Å². The Bertz CT molecular complexity index is 685. The first-order chi connectivity index (χ1) is 12.1. The Morgan fingerprint density at radius 3 is 2.16 bits per heavy atom. The lowest BCUT2D eigenvalue weighted by atomic mass is 10.1. The third-order valence-electron chi connectivity index (χ3n) is 3.42. The highest BCUT2D eigenvalue weighted by Crippen LogP contribution is 2.17. The van der Waals surface area contributed by atoms with Gasteiger partial charge in [0.1, 0.15) is 17.5 Å². The van der Waals surface area contributed by atoms with E-state index in [4.69, 9.17) is 9.47 Å². The molecular weight excluding hydrogens is 322 g/mol. The number of rotatable bonds is 9. The van der Waals surface area contributed by atoms with Crippen LogP contribution in [0.2, 0.25) is 0 Å². The molecule has 0 aliphatic carbocycles. The Kier molecular flexibility index (Phi) is 6.83. The highest BCUT2D eigenvalue weighted by Gasteiger charge is 2.20. The monoisotopic (exact) mass is 343 g/mol. The lowest BCUT2D eigenvalue weighted by Crippen LogP contribution is -2.44. The molecule has 0 spiro atoms. The van der Waals surface area contributed by atoms with Crippen molar-refractivity contribution in [3.8, 4) is 11.5 Å². The van der Waals surface area contributed by atoms with E-state index in [1.54, 1.807) is 24.3 Å². The molecule has 25 heavy (non-hydrogen) atoms. The molecule has 6 nitrogen and oxygen atoms in total. The van der Waals surface area contributed by atoms with Gasteiger partial charge >= 0.3 is 5.97 Å². The quantitative estimate of drug-likeness (QED) is 0.730. The van der Waals surface area contributed by atoms with Gasteiger partial charge in [-0.2, -0.15) is 0 Å². The van der Waals surface area contributed by atoms with Crippen molar-refractivity contribution in [2.75, 3.05) is 13.2 Å². The molecule has 0 radical (unpaired) electrons. The second-order valence-electron chi connectivity index (χ2n) is 5.34. The van der Waals surface area contributed by atoms with Gasteiger partial charge in [-0.1, -0.05) is 30.3 Å². The van der Waals surface area contributed by atoms with Gasteiger partial charge < -0.3 is 19.9 Å². The van der Waals surface area contributed by atoms with E-state index in [-0.39, 0.29) is 13.0 Å². The third-order valence-corrected chi connectivity index (χ3v) is 3.42. The molecule has 0 heterocycles. The largest absolute Gasteiger partial charge is 0.494 e. The van der Waals surface area contributed by atoms with Gasteiger partial charge in [-0.3, -0.25) is 4.79 Å². The molecule has 1 atom stereocenters. The predicted octanol–water partition coefficient (Wildman–Crippen LogP) is 2.28. The van der Waals surface area contributed by atoms with E-state index in [2.05, 4.69) is 5.32 Å². The van der Waals surface area contributed by atoms with E-state index >= 15 is 0 Å². The van der Waals surface area contributed by atoms with Crippen molar-refractivity contribution in [3.63, 3.8) is 0 Å². The van der Waals surface area contributed by atoms with Crippen molar-refractivity contribution in [3.05, 3.63) is 60.2 Å². The predicted molar refractivity (Wildman–Crippen MR) is 92.8 cm³/mol. The fraction of sp³-hybridized carbons (Fsp3) is 0.263. The maximum atomic E-state index is 12.0. The van der Waals surface area contributed by atoms with Crippen LogP contribution < -0.4 is 14.8 Å². The van der Waals surface area contributed by atoms with E-state index in [0.29, 0.717) is 18.1 Å². The van der Waals surface area contributed by atoms with Crippen molar-refractivity contribution >= 4 is 11.9 Å². The first kappa shape index (κ1) is 18.3. The molecule has 0 fully saturated rings. The van der Waals surface area contributed by atoms with Crippen LogP contribution in [0.15, 0.2) is 54.6 Å². The van der Waals surface area contributed by atoms with Gasteiger partial charge in [0, 0.05) is 6.42 Å². The number of amides is 1. The second kappa shape index (κ2) is 9.32. The summed E-state index contributed by atoms with van der Waals surface area (Å²) >= 11 is 0. The van der Waals surface area contributed by atoms with E-state index in [0.717, 1.165) is 5.56 Å². The van der Waals surface area contributed by atoms with Crippen LogP contribution in [-0.2, 0) is 16.0 Å². The molecule has 0 aliphatic rings. The second-order valence-corrected chi connectivity index (χ2v) is 5.34. The van der Waals surface area contributed by atoms with Crippen molar-refractivity contribution in [2.45, 2.75) is 19.4 Å². The molecule has 2 rings (SSSR count). The zero-order chi connectivity index (χ0) is 18.1. The zero-order valence-electron chi connectivity index (χ0n) is 14.0. The van der Waals surface area contributed by atoms with Gasteiger partial charge in [-0.05, 0) is 36.8 Å². The molecule has 2 aromatic rings. The van der Waals surface area contributed by atoms with Crippen LogP contribution in [0, 0.1) is 0 Å². The number of hydrogen-bond acceptors (Lipinski definition) is 4. The summed E-state index contributed by atoms with van der Waals surface area (Å²) in [6, 6.07) is 15.0. The summed E-state index contributed by atoms with van der Waals surface area (Å²) in [5.41, 5.74) is 0.836. The van der Waals surface area contributed by atoms with Crippen LogP contribution in [0.25, 0.3) is 0 Å². The highest BCUT2D eigenvalue weighted by atomic mass is 16.5. The number of aliphatic carboxylic acids is 1. The van der Waals surface area contributed by atoms with Crippen molar-refractivity contribution in [2.24, 2.45) is 0 Å². The highest BCUT2D eigenvalue weighted by molar-refractivity contribution is 5.84. The molecule has 0 bridgehead atoms. The molecule has 132 valence electrons.